The molecule has 6 aliphatic rings. The molecule has 0 N–H and O–H groups in total. The van der Waals surface area contributed by atoms with Gasteiger partial charge in [0, 0.05) is 48.1 Å². The number of hydrogen-bond acceptors (Lipinski definition) is 8. The van der Waals surface area contributed by atoms with Crippen molar-refractivity contribution in [3.05, 3.63) is 66.5 Å². The fourth-order valence-corrected chi connectivity index (χ4v) is 7.61. The van der Waals surface area contributed by atoms with E-state index in [9.17, 15) is 4.79 Å². The third kappa shape index (κ3) is 6.13. The zero-order valence-corrected chi connectivity index (χ0v) is 26.0. The number of ketones is 1. The minimum atomic E-state index is 0.229. The van der Waals surface area contributed by atoms with Gasteiger partial charge >= 0.3 is 0 Å². The number of rotatable bonds is 7. The molecular formula is C35H45N5O3. The minimum Gasteiger partial charge on any atom is -0.497 e. The summed E-state index contributed by atoms with van der Waals surface area (Å²) in [7, 11) is 3.39. The van der Waals surface area contributed by atoms with Crippen LogP contribution < -0.4 is 14.4 Å². The van der Waals surface area contributed by atoms with Crippen LogP contribution in [0.1, 0.15) is 45.1 Å². The molecule has 43 heavy (non-hydrogen) atoms. The van der Waals surface area contributed by atoms with Crippen LogP contribution in [0.4, 0.5) is 5.95 Å². The molecule has 9 rings (SSSR count). The lowest BCUT2D eigenvalue weighted by Crippen LogP contribution is -2.62. The Morgan fingerprint density at radius 2 is 1.51 bits per heavy atom. The van der Waals surface area contributed by atoms with Crippen molar-refractivity contribution in [3.63, 3.8) is 0 Å². The first-order valence-corrected chi connectivity index (χ1v) is 15.8. The number of carbonyl (C=O) groups excluding carboxylic acids is 1. The highest BCUT2D eigenvalue weighted by molar-refractivity contribution is 5.87. The van der Waals surface area contributed by atoms with Gasteiger partial charge in [-0.2, -0.15) is 0 Å². The maximum absolute atomic E-state index is 11.3. The van der Waals surface area contributed by atoms with Gasteiger partial charge in [-0.25, -0.2) is 9.97 Å². The van der Waals surface area contributed by atoms with Crippen molar-refractivity contribution in [3.8, 4) is 22.6 Å². The second kappa shape index (κ2) is 13.0. The SMILES string of the molecule is CC1C(=O)C2CCN1CC2.COc1ccc(CN(c2ncc(-c3ccccc3)cn2)C2C3CCN(CC3)C2C)c(OC)c1. The number of carbonyl (C=O) groups is 1. The zero-order valence-electron chi connectivity index (χ0n) is 26.0. The van der Waals surface area contributed by atoms with E-state index in [1.54, 1.807) is 14.2 Å². The highest BCUT2D eigenvalue weighted by atomic mass is 16.5. The Balaban J connectivity index is 0.000000277. The van der Waals surface area contributed by atoms with Crippen LogP contribution in [-0.2, 0) is 11.3 Å². The third-order valence-corrected chi connectivity index (χ3v) is 10.2. The summed E-state index contributed by atoms with van der Waals surface area (Å²) in [5.41, 5.74) is 3.27. The molecule has 6 aliphatic heterocycles. The normalized spacial score (nSPS) is 29.0. The van der Waals surface area contributed by atoms with Gasteiger partial charge in [0.2, 0.25) is 5.95 Å². The Morgan fingerprint density at radius 1 is 0.837 bits per heavy atom. The third-order valence-electron chi connectivity index (χ3n) is 10.2. The van der Waals surface area contributed by atoms with E-state index < -0.39 is 0 Å². The molecule has 0 aliphatic carbocycles. The molecule has 8 nitrogen and oxygen atoms in total. The van der Waals surface area contributed by atoms with Crippen LogP contribution in [0.2, 0.25) is 0 Å². The zero-order chi connectivity index (χ0) is 29.9. The van der Waals surface area contributed by atoms with E-state index in [0.717, 1.165) is 60.1 Å². The van der Waals surface area contributed by atoms with Gasteiger partial charge in [0.05, 0.1) is 26.3 Å². The van der Waals surface area contributed by atoms with E-state index in [-0.39, 0.29) is 6.04 Å². The molecule has 2 aromatic carbocycles. The van der Waals surface area contributed by atoms with Gasteiger partial charge in [-0.15, -0.1) is 0 Å². The highest BCUT2D eigenvalue weighted by Gasteiger charge is 2.44. The first-order chi connectivity index (χ1) is 21.0. The number of ether oxygens (including phenoxy) is 2. The predicted octanol–water partition coefficient (Wildman–Crippen LogP) is 5.32. The Kier molecular flexibility index (Phi) is 8.96. The standard InChI is InChI=1S/C27H32N4O2.C8H13NO/c1-19-26(21-11-13-30(19)14-12-21)31(18-22-9-10-24(32-2)15-25(22)33-3)27-28-16-23(17-29-27)20-7-5-4-6-8-20;1-6-8(10)7-2-4-9(6)5-3-7/h4-10,15-17,19,21,26H,11-14,18H2,1-3H3;6-7H,2-5H2,1H3. The quantitative estimate of drug-likeness (QED) is 0.370. The first kappa shape index (κ1) is 29.6. The number of Topliss-reactive ketones (excluding diaryl/α,β-unsaturated/α-hetero) is 1. The molecule has 3 atom stereocenters. The van der Waals surface area contributed by atoms with E-state index in [1.807, 2.05) is 49.6 Å². The summed E-state index contributed by atoms with van der Waals surface area (Å²) < 4.78 is 11.1. The van der Waals surface area contributed by atoms with E-state index >= 15 is 0 Å². The summed E-state index contributed by atoms with van der Waals surface area (Å²) in [6.45, 7) is 9.76. The fourth-order valence-electron chi connectivity index (χ4n) is 7.61. The highest BCUT2D eigenvalue weighted by Crippen LogP contribution is 2.38. The van der Waals surface area contributed by atoms with Crippen LogP contribution >= 0.6 is 0 Å². The van der Waals surface area contributed by atoms with Crippen molar-refractivity contribution in [2.24, 2.45) is 11.8 Å². The number of benzene rings is 2. The molecule has 6 saturated heterocycles. The number of aromatic nitrogens is 2. The Labute approximate surface area is 256 Å². The number of methoxy groups -OCH3 is 2. The summed E-state index contributed by atoms with van der Waals surface area (Å²) >= 11 is 0. The molecule has 0 spiro atoms. The minimum absolute atomic E-state index is 0.229. The molecule has 7 heterocycles. The summed E-state index contributed by atoms with van der Waals surface area (Å²) in [5, 5.41) is 0. The molecule has 228 valence electrons. The monoisotopic (exact) mass is 583 g/mol. The smallest absolute Gasteiger partial charge is 0.225 e. The van der Waals surface area contributed by atoms with Crippen molar-refractivity contribution in [1.29, 1.82) is 0 Å². The van der Waals surface area contributed by atoms with Gasteiger partial charge in [-0.3, -0.25) is 14.6 Å². The molecule has 0 amide bonds. The van der Waals surface area contributed by atoms with E-state index in [4.69, 9.17) is 19.4 Å². The number of fused-ring (bicyclic) bond motifs is 6. The molecule has 3 aromatic rings. The maximum atomic E-state index is 11.3. The molecule has 1 aromatic heterocycles. The predicted molar refractivity (Wildman–Crippen MR) is 170 cm³/mol. The van der Waals surface area contributed by atoms with Gasteiger partial charge in [-0.1, -0.05) is 30.3 Å². The second-order valence-electron chi connectivity index (χ2n) is 12.4. The second-order valence-corrected chi connectivity index (χ2v) is 12.4. The van der Waals surface area contributed by atoms with Crippen LogP contribution in [-0.4, -0.2) is 84.1 Å². The number of anilines is 1. The maximum Gasteiger partial charge on any atom is 0.225 e. The van der Waals surface area contributed by atoms with Gasteiger partial charge in [0.15, 0.2) is 5.78 Å². The molecule has 0 saturated carbocycles. The summed E-state index contributed by atoms with van der Waals surface area (Å²) in [6, 6.07) is 17.4. The molecule has 4 bridgehead atoms. The molecule has 3 unspecified atom stereocenters. The van der Waals surface area contributed by atoms with Gasteiger partial charge in [0.25, 0.3) is 0 Å². The van der Waals surface area contributed by atoms with Crippen LogP contribution in [0.25, 0.3) is 11.1 Å². The van der Waals surface area contributed by atoms with E-state index in [0.29, 0.717) is 36.2 Å². The lowest BCUT2D eigenvalue weighted by molar-refractivity contribution is -0.135. The van der Waals surface area contributed by atoms with Crippen molar-refractivity contribution in [1.82, 2.24) is 19.8 Å². The summed E-state index contributed by atoms with van der Waals surface area (Å²) in [5.74, 6) is 3.94. The Bertz CT molecular complexity index is 1360. The Hall–Kier alpha value is -3.49. The summed E-state index contributed by atoms with van der Waals surface area (Å²) in [6.07, 6.45) is 8.58. The topological polar surface area (TPSA) is 71.0 Å². The van der Waals surface area contributed by atoms with Crippen LogP contribution in [0, 0.1) is 11.8 Å². The molecule has 0 radical (unpaired) electrons. The largest absolute Gasteiger partial charge is 0.497 e. The fraction of sp³-hybridized carbons (Fsp3) is 0.514. The average molecular weight is 584 g/mol. The number of piperidine rings is 6. The van der Waals surface area contributed by atoms with Gasteiger partial charge < -0.3 is 14.4 Å². The van der Waals surface area contributed by atoms with E-state index in [2.05, 4.69) is 39.8 Å². The van der Waals surface area contributed by atoms with Gasteiger partial charge in [-0.05, 0) is 89.3 Å². The van der Waals surface area contributed by atoms with E-state index in [1.165, 1.54) is 25.9 Å². The lowest BCUT2D eigenvalue weighted by atomic mass is 9.78. The van der Waals surface area contributed by atoms with Crippen molar-refractivity contribution in [2.75, 3.05) is 45.3 Å². The van der Waals surface area contributed by atoms with Gasteiger partial charge in [0.1, 0.15) is 11.5 Å². The van der Waals surface area contributed by atoms with Crippen LogP contribution in [0.3, 0.4) is 0 Å². The molecule has 8 heteroatoms. The van der Waals surface area contributed by atoms with Crippen molar-refractivity contribution < 1.29 is 14.3 Å². The lowest BCUT2D eigenvalue weighted by Gasteiger charge is -2.53. The molecular weight excluding hydrogens is 538 g/mol. The average Bonchev–Trinajstić information content (AvgIpc) is 3.07. The first-order valence-electron chi connectivity index (χ1n) is 15.8. The molecule has 6 fully saturated rings. The number of nitrogens with zero attached hydrogens (tertiary/aromatic N) is 5. The van der Waals surface area contributed by atoms with Crippen LogP contribution in [0.5, 0.6) is 11.5 Å². The number of hydrogen-bond donors (Lipinski definition) is 0. The van der Waals surface area contributed by atoms with Crippen molar-refractivity contribution >= 4 is 11.7 Å². The van der Waals surface area contributed by atoms with Crippen molar-refractivity contribution in [2.45, 2.75) is 64.2 Å². The summed E-state index contributed by atoms with van der Waals surface area (Å²) in [4.78, 5) is 28.4. The Morgan fingerprint density at radius 3 is 2.07 bits per heavy atom. The van der Waals surface area contributed by atoms with Crippen LogP contribution in [0.15, 0.2) is 60.9 Å².